The van der Waals surface area contributed by atoms with Crippen molar-refractivity contribution in [2.24, 2.45) is 0 Å². The second-order valence-electron chi connectivity index (χ2n) is 4.10. The van der Waals surface area contributed by atoms with Crippen molar-refractivity contribution in [1.29, 1.82) is 0 Å². The van der Waals surface area contributed by atoms with Crippen molar-refractivity contribution < 1.29 is 4.79 Å². The molecule has 17 heavy (non-hydrogen) atoms. The Morgan fingerprint density at radius 3 is 2.47 bits per heavy atom. The first-order chi connectivity index (χ1) is 8.15. The molecule has 0 aromatic heterocycles. The molecule has 0 aliphatic carbocycles. The van der Waals surface area contributed by atoms with Crippen LogP contribution in [0.3, 0.4) is 0 Å². The molecule has 0 bridgehead atoms. The van der Waals surface area contributed by atoms with Crippen LogP contribution in [0.4, 0.5) is 0 Å². The van der Waals surface area contributed by atoms with Crippen LogP contribution in [0.1, 0.15) is 21.5 Å². The standard InChI is InChI=1S/C15H13ClO/c1-11-3-2-4-12(9-11)10-15(17)13-5-7-14(16)8-6-13/h2-9H,10H2,1H3. The molecule has 2 aromatic rings. The maximum Gasteiger partial charge on any atom is 0.167 e. The Hall–Kier alpha value is -1.60. The molecule has 2 heteroatoms. The molecular formula is C15H13ClO. The van der Waals surface area contributed by atoms with E-state index in [1.165, 1.54) is 5.56 Å². The quantitative estimate of drug-likeness (QED) is 0.744. The highest BCUT2D eigenvalue weighted by Gasteiger charge is 2.06. The normalized spacial score (nSPS) is 10.2. The highest BCUT2D eigenvalue weighted by molar-refractivity contribution is 6.30. The third-order valence-corrected chi connectivity index (χ3v) is 2.87. The summed E-state index contributed by atoms with van der Waals surface area (Å²) < 4.78 is 0. The number of hydrogen-bond donors (Lipinski definition) is 0. The number of Topliss-reactive ketones (excluding diaryl/α,β-unsaturated/α-hetero) is 1. The molecule has 0 saturated carbocycles. The van der Waals surface area contributed by atoms with E-state index in [9.17, 15) is 4.79 Å². The molecule has 0 atom stereocenters. The number of halogens is 1. The summed E-state index contributed by atoms with van der Waals surface area (Å²) in [6.45, 7) is 2.02. The molecule has 0 fully saturated rings. The van der Waals surface area contributed by atoms with Crippen LogP contribution in [0.2, 0.25) is 5.02 Å². The molecule has 0 N–H and O–H groups in total. The van der Waals surface area contributed by atoms with Gasteiger partial charge in [-0.15, -0.1) is 0 Å². The van der Waals surface area contributed by atoms with Crippen LogP contribution in [-0.4, -0.2) is 5.78 Å². The minimum Gasteiger partial charge on any atom is -0.294 e. The summed E-state index contributed by atoms with van der Waals surface area (Å²) in [5.74, 6) is 0.118. The largest absolute Gasteiger partial charge is 0.294 e. The van der Waals surface area contributed by atoms with Crippen LogP contribution in [0.5, 0.6) is 0 Å². The first kappa shape index (κ1) is 11.9. The van der Waals surface area contributed by atoms with Crippen LogP contribution in [0.15, 0.2) is 48.5 Å². The average molecular weight is 245 g/mol. The van der Waals surface area contributed by atoms with E-state index in [-0.39, 0.29) is 5.78 Å². The summed E-state index contributed by atoms with van der Waals surface area (Å²) in [7, 11) is 0. The van der Waals surface area contributed by atoms with Gasteiger partial charge in [0.1, 0.15) is 0 Å². The highest BCUT2D eigenvalue weighted by atomic mass is 35.5. The molecule has 0 spiro atoms. The van der Waals surface area contributed by atoms with E-state index in [1.54, 1.807) is 24.3 Å². The zero-order valence-electron chi connectivity index (χ0n) is 9.61. The van der Waals surface area contributed by atoms with E-state index in [4.69, 9.17) is 11.6 Å². The fraction of sp³-hybridized carbons (Fsp3) is 0.133. The number of aryl methyl sites for hydroxylation is 1. The Morgan fingerprint density at radius 1 is 1.12 bits per heavy atom. The molecule has 2 aromatic carbocycles. The van der Waals surface area contributed by atoms with Gasteiger partial charge in [0.05, 0.1) is 0 Å². The molecule has 1 nitrogen and oxygen atoms in total. The maximum atomic E-state index is 12.0. The van der Waals surface area contributed by atoms with E-state index in [1.807, 2.05) is 31.2 Å². The van der Waals surface area contributed by atoms with Gasteiger partial charge in [0, 0.05) is 17.0 Å². The predicted molar refractivity (Wildman–Crippen MR) is 70.7 cm³/mol. The van der Waals surface area contributed by atoms with Crippen molar-refractivity contribution in [3.63, 3.8) is 0 Å². The second kappa shape index (κ2) is 5.15. The zero-order chi connectivity index (χ0) is 12.3. The fourth-order valence-electron chi connectivity index (χ4n) is 1.75. The highest BCUT2D eigenvalue weighted by Crippen LogP contribution is 2.13. The lowest BCUT2D eigenvalue weighted by Crippen LogP contribution is -2.03. The van der Waals surface area contributed by atoms with Gasteiger partial charge in [0.15, 0.2) is 5.78 Å². The minimum absolute atomic E-state index is 0.118. The van der Waals surface area contributed by atoms with E-state index >= 15 is 0 Å². The van der Waals surface area contributed by atoms with E-state index in [0.29, 0.717) is 17.0 Å². The Kier molecular flexibility index (Phi) is 3.60. The Morgan fingerprint density at radius 2 is 1.82 bits per heavy atom. The van der Waals surface area contributed by atoms with Gasteiger partial charge in [0.25, 0.3) is 0 Å². The number of benzene rings is 2. The number of carbonyl (C=O) groups is 1. The molecular weight excluding hydrogens is 232 g/mol. The molecule has 0 aliphatic rings. The van der Waals surface area contributed by atoms with Gasteiger partial charge in [-0.1, -0.05) is 41.4 Å². The molecule has 0 heterocycles. The van der Waals surface area contributed by atoms with Gasteiger partial charge in [-0.05, 0) is 36.8 Å². The van der Waals surface area contributed by atoms with E-state index in [2.05, 4.69) is 0 Å². The van der Waals surface area contributed by atoms with Crippen molar-refractivity contribution >= 4 is 17.4 Å². The lowest BCUT2D eigenvalue weighted by molar-refractivity contribution is 0.0993. The number of ketones is 1. The Balaban J connectivity index is 2.14. The summed E-state index contributed by atoms with van der Waals surface area (Å²) in [4.78, 5) is 12.0. The van der Waals surface area contributed by atoms with Crippen molar-refractivity contribution in [2.75, 3.05) is 0 Å². The summed E-state index contributed by atoms with van der Waals surface area (Å²) >= 11 is 5.79. The van der Waals surface area contributed by atoms with Crippen LogP contribution >= 0.6 is 11.6 Å². The second-order valence-corrected chi connectivity index (χ2v) is 4.53. The summed E-state index contributed by atoms with van der Waals surface area (Å²) in [6, 6.07) is 15.0. The van der Waals surface area contributed by atoms with Gasteiger partial charge in [-0.25, -0.2) is 0 Å². The molecule has 0 saturated heterocycles. The maximum absolute atomic E-state index is 12.0. The van der Waals surface area contributed by atoms with E-state index in [0.717, 1.165) is 5.56 Å². The van der Waals surface area contributed by atoms with Gasteiger partial charge < -0.3 is 0 Å². The Labute approximate surface area is 106 Å². The topological polar surface area (TPSA) is 17.1 Å². The smallest absolute Gasteiger partial charge is 0.167 e. The number of carbonyl (C=O) groups excluding carboxylic acids is 1. The van der Waals surface area contributed by atoms with Crippen molar-refractivity contribution in [2.45, 2.75) is 13.3 Å². The van der Waals surface area contributed by atoms with E-state index < -0.39 is 0 Å². The molecule has 86 valence electrons. The average Bonchev–Trinajstić information content (AvgIpc) is 2.29. The van der Waals surface area contributed by atoms with Gasteiger partial charge in [0.2, 0.25) is 0 Å². The van der Waals surface area contributed by atoms with Crippen molar-refractivity contribution in [1.82, 2.24) is 0 Å². The SMILES string of the molecule is Cc1cccc(CC(=O)c2ccc(Cl)cc2)c1. The lowest BCUT2D eigenvalue weighted by Gasteiger charge is -2.02. The molecule has 0 unspecified atom stereocenters. The van der Waals surface area contributed by atoms with Crippen LogP contribution in [0.25, 0.3) is 0 Å². The van der Waals surface area contributed by atoms with Gasteiger partial charge in [-0.3, -0.25) is 4.79 Å². The molecule has 0 radical (unpaired) electrons. The van der Waals surface area contributed by atoms with Crippen LogP contribution < -0.4 is 0 Å². The fourth-order valence-corrected chi connectivity index (χ4v) is 1.87. The number of rotatable bonds is 3. The minimum atomic E-state index is 0.118. The van der Waals surface area contributed by atoms with Gasteiger partial charge >= 0.3 is 0 Å². The van der Waals surface area contributed by atoms with Gasteiger partial charge in [-0.2, -0.15) is 0 Å². The Bertz CT molecular complexity index is 529. The van der Waals surface area contributed by atoms with Crippen molar-refractivity contribution in [3.05, 3.63) is 70.2 Å². The summed E-state index contributed by atoms with van der Waals surface area (Å²) in [5, 5.41) is 0.650. The number of hydrogen-bond acceptors (Lipinski definition) is 1. The monoisotopic (exact) mass is 244 g/mol. The zero-order valence-corrected chi connectivity index (χ0v) is 10.4. The van der Waals surface area contributed by atoms with Crippen molar-refractivity contribution in [3.8, 4) is 0 Å². The summed E-state index contributed by atoms with van der Waals surface area (Å²) in [5.41, 5.74) is 2.92. The first-order valence-corrected chi connectivity index (χ1v) is 5.87. The molecule has 2 rings (SSSR count). The van der Waals surface area contributed by atoms with Crippen LogP contribution in [0, 0.1) is 6.92 Å². The third-order valence-electron chi connectivity index (χ3n) is 2.61. The predicted octanol–water partition coefficient (Wildman–Crippen LogP) is 4.07. The third kappa shape index (κ3) is 3.18. The summed E-state index contributed by atoms with van der Waals surface area (Å²) in [6.07, 6.45) is 0.434. The lowest BCUT2D eigenvalue weighted by atomic mass is 10.0. The van der Waals surface area contributed by atoms with Crippen LogP contribution in [-0.2, 0) is 6.42 Å². The molecule has 0 aliphatic heterocycles. The molecule has 0 amide bonds. The first-order valence-electron chi connectivity index (χ1n) is 5.49.